The van der Waals surface area contributed by atoms with Gasteiger partial charge >= 0.3 is 0 Å². The van der Waals surface area contributed by atoms with Gasteiger partial charge in [-0.2, -0.15) is 0 Å². The molecule has 0 radical (unpaired) electrons. The first-order chi connectivity index (χ1) is 8.95. The Morgan fingerprint density at radius 2 is 2.11 bits per heavy atom. The standard InChI is InChI=1S/C15H23NO2S/c1-15(2,14(16)19)8-5-9-18-13-7-4-6-12(10-13)11-17-3/h4,6-7,10H,5,8-9,11H2,1-3H3,(H2,16,19). The largest absolute Gasteiger partial charge is 0.494 e. The number of hydrogen-bond donors (Lipinski definition) is 1. The molecule has 0 spiro atoms. The van der Waals surface area contributed by atoms with Gasteiger partial charge in [0.2, 0.25) is 0 Å². The topological polar surface area (TPSA) is 44.5 Å². The van der Waals surface area contributed by atoms with Crippen molar-refractivity contribution in [1.82, 2.24) is 0 Å². The molecule has 0 saturated carbocycles. The van der Waals surface area contributed by atoms with Crippen LogP contribution in [0.5, 0.6) is 5.75 Å². The fraction of sp³-hybridized carbons (Fsp3) is 0.533. The summed E-state index contributed by atoms with van der Waals surface area (Å²) in [6.07, 6.45) is 1.86. The maximum absolute atomic E-state index is 5.73. The number of rotatable bonds is 8. The van der Waals surface area contributed by atoms with Gasteiger partial charge in [0.15, 0.2) is 0 Å². The minimum Gasteiger partial charge on any atom is -0.494 e. The first-order valence-corrected chi connectivity index (χ1v) is 6.87. The average molecular weight is 281 g/mol. The van der Waals surface area contributed by atoms with Crippen LogP contribution in [0.25, 0.3) is 0 Å². The van der Waals surface area contributed by atoms with E-state index in [1.165, 1.54) is 0 Å². The van der Waals surface area contributed by atoms with Crippen LogP contribution >= 0.6 is 12.2 Å². The summed E-state index contributed by atoms with van der Waals surface area (Å²) in [5.74, 6) is 0.877. The summed E-state index contributed by atoms with van der Waals surface area (Å²) in [4.78, 5) is 0.564. The van der Waals surface area contributed by atoms with Gasteiger partial charge in [-0.3, -0.25) is 0 Å². The first kappa shape index (κ1) is 15.9. The van der Waals surface area contributed by atoms with Gasteiger partial charge in [0.1, 0.15) is 5.75 Å². The lowest BCUT2D eigenvalue weighted by atomic mass is 9.88. The van der Waals surface area contributed by atoms with E-state index in [1.54, 1.807) is 7.11 Å². The van der Waals surface area contributed by atoms with Crippen molar-refractivity contribution in [1.29, 1.82) is 0 Å². The predicted octanol–water partition coefficient (Wildman–Crippen LogP) is 3.30. The summed E-state index contributed by atoms with van der Waals surface area (Å²) in [5, 5.41) is 0. The van der Waals surface area contributed by atoms with E-state index in [9.17, 15) is 0 Å². The molecule has 0 amide bonds. The summed E-state index contributed by atoms with van der Waals surface area (Å²) < 4.78 is 10.8. The maximum Gasteiger partial charge on any atom is 0.119 e. The molecule has 1 aromatic rings. The zero-order valence-electron chi connectivity index (χ0n) is 11.9. The maximum atomic E-state index is 5.73. The number of thiocarbonyl (C=S) groups is 1. The number of methoxy groups -OCH3 is 1. The summed E-state index contributed by atoms with van der Waals surface area (Å²) in [5.41, 5.74) is 6.71. The molecule has 106 valence electrons. The monoisotopic (exact) mass is 281 g/mol. The molecule has 0 aliphatic carbocycles. The smallest absolute Gasteiger partial charge is 0.119 e. The fourth-order valence-electron chi connectivity index (χ4n) is 1.72. The third kappa shape index (κ3) is 5.57. The SMILES string of the molecule is COCc1cccc(OCCCC(C)(C)C(N)=S)c1. The van der Waals surface area contributed by atoms with Gasteiger partial charge in [-0.1, -0.05) is 38.2 Å². The average Bonchev–Trinajstić information content (AvgIpc) is 2.35. The van der Waals surface area contributed by atoms with Crippen molar-refractivity contribution in [3.8, 4) is 5.75 Å². The molecule has 0 aromatic heterocycles. The number of nitrogens with two attached hydrogens (primary N) is 1. The number of hydrogen-bond acceptors (Lipinski definition) is 3. The van der Waals surface area contributed by atoms with Crippen LogP contribution in [0, 0.1) is 5.41 Å². The van der Waals surface area contributed by atoms with Crippen molar-refractivity contribution in [3.63, 3.8) is 0 Å². The highest BCUT2D eigenvalue weighted by molar-refractivity contribution is 7.80. The van der Waals surface area contributed by atoms with Gasteiger partial charge in [-0.25, -0.2) is 0 Å². The van der Waals surface area contributed by atoms with Gasteiger partial charge in [0, 0.05) is 12.5 Å². The van der Waals surface area contributed by atoms with Gasteiger partial charge in [0.25, 0.3) is 0 Å². The van der Waals surface area contributed by atoms with E-state index >= 15 is 0 Å². The van der Waals surface area contributed by atoms with Gasteiger partial charge in [-0.05, 0) is 30.5 Å². The molecule has 4 heteroatoms. The zero-order chi connectivity index (χ0) is 14.3. The van der Waals surface area contributed by atoms with Crippen LogP contribution in [-0.4, -0.2) is 18.7 Å². The highest BCUT2D eigenvalue weighted by atomic mass is 32.1. The molecule has 0 aliphatic rings. The highest BCUT2D eigenvalue weighted by Crippen LogP contribution is 2.23. The second kappa shape index (κ2) is 7.46. The van der Waals surface area contributed by atoms with Crippen LogP contribution < -0.4 is 10.5 Å². The molecule has 0 unspecified atom stereocenters. The predicted molar refractivity (Wildman–Crippen MR) is 82.5 cm³/mol. The van der Waals surface area contributed by atoms with Gasteiger partial charge < -0.3 is 15.2 Å². The third-order valence-corrected chi connectivity index (χ3v) is 3.64. The summed E-state index contributed by atoms with van der Waals surface area (Å²) in [7, 11) is 1.69. The van der Waals surface area contributed by atoms with E-state index in [0.717, 1.165) is 24.2 Å². The molecule has 0 aliphatic heterocycles. The van der Waals surface area contributed by atoms with Crippen molar-refractivity contribution in [2.24, 2.45) is 11.1 Å². The number of ether oxygens (including phenoxy) is 2. The lowest BCUT2D eigenvalue weighted by Crippen LogP contribution is -2.30. The van der Waals surface area contributed by atoms with Gasteiger partial charge in [0.05, 0.1) is 18.2 Å². The summed E-state index contributed by atoms with van der Waals surface area (Å²) >= 11 is 5.04. The van der Waals surface area contributed by atoms with E-state index < -0.39 is 0 Å². The van der Waals surface area contributed by atoms with Crippen molar-refractivity contribution < 1.29 is 9.47 Å². The summed E-state index contributed by atoms with van der Waals surface area (Å²) in [6, 6.07) is 7.95. The van der Waals surface area contributed by atoms with Crippen LogP contribution in [0.3, 0.4) is 0 Å². The Balaban J connectivity index is 2.37. The quantitative estimate of drug-likeness (QED) is 0.586. The Hall–Kier alpha value is -1.13. The van der Waals surface area contributed by atoms with Crippen LogP contribution in [0.1, 0.15) is 32.3 Å². The zero-order valence-corrected chi connectivity index (χ0v) is 12.8. The Kier molecular flexibility index (Phi) is 6.25. The first-order valence-electron chi connectivity index (χ1n) is 6.46. The Morgan fingerprint density at radius 1 is 1.37 bits per heavy atom. The molecule has 0 fully saturated rings. The van der Waals surface area contributed by atoms with Crippen molar-refractivity contribution in [3.05, 3.63) is 29.8 Å². The van der Waals surface area contributed by atoms with E-state index in [4.69, 9.17) is 27.4 Å². The molecule has 0 heterocycles. The van der Waals surface area contributed by atoms with E-state index in [1.807, 2.05) is 24.3 Å². The van der Waals surface area contributed by atoms with Gasteiger partial charge in [-0.15, -0.1) is 0 Å². The third-order valence-electron chi connectivity index (χ3n) is 3.09. The van der Waals surface area contributed by atoms with Crippen LogP contribution in [-0.2, 0) is 11.3 Å². The van der Waals surface area contributed by atoms with Crippen molar-refractivity contribution in [2.45, 2.75) is 33.3 Å². The molecule has 2 N–H and O–H groups in total. The van der Waals surface area contributed by atoms with Crippen LogP contribution in [0.4, 0.5) is 0 Å². The molecule has 1 aromatic carbocycles. The lowest BCUT2D eigenvalue weighted by molar-refractivity contribution is 0.184. The van der Waals surface area contributed by atoms with E-state index in [-0.39, 0.29) is 5.41 Å². The minimum atomic E-state index is -0.101. The van der Waals surface area contributed by atoms with E-state index in [2.05, 4.69) is 13.8 Å². The normalized spacial score (nSPS) is 11.3. The van der Waals surface area contributed by atoms with Crippen molar-refractivity contribution in [2.75, 3.05) is 13.7 Å². The lowest BCUT2D eigenvalue weighted by Gasteiger charge is -2.22. The Morgan fingerprint density at radius 3 is 2.74 bits per heavy atom. The van der Waals surface area contributed by atoms with E-state index in [0.29, 0.717) is 18.2 Å². The molecule has 0 bridgehead atoms. The number of benzene rings is 1. The molecular formula is C15H23NO2S. The molecule has 1 rings (SSSR count). The minimum absolute atomic E-state index is 0.101. The molecular weight excluding hydrogens is 258 g/mol. The second-order valence-electron chi connectivity index (χ2n) is 5.28. The molecule has 3 nitrogen and oxygen atoms in total. The summed E-state index contributed by atoms with van der Waals surface area (Å²) in [6.45, 7) is 5.40. The molecule has 0 saturated heterocycles. The Labute approximate surface area is 121 Å². The highest BCUT2D eigenvalue weighted by Gasteiger charge is 2.20. The van der Waals surface area contributed by atoms with Crippen LogP contribution in [0.2, 0.25) is 0 Å². The van der Waals surface area contributed by atoms with Crippen molar-refractivity contribution >= 4 is 17.2 Å². The molecule has 19 heavy (non-hydrogen) atoms. The fourth-order valence-corrected chi connectivity index (χ4v) is 1.82. The Bertz CT molecular complexity index is 418. The molecule has 0 atom stereocenters. The second-order valence-corrected chi connectivity index (χ2v) is 5.72. The van der Waals surface area contributed by atoms with Crippen LogP contribution in [0.15, 0.2) is 24.3 Å².